The van der Waals surface area contributed by atoms with E-state index in [1.165, 1.54) is 11.3 Å². The molecule has 1 fully saturated rings. The Morgan fingerprint density at radius 1 is 1.57 bits per heavy atom. The molecule has 1 aromatic rings. The lowest BCUT2D eigenvalue weighted by atomic mass is 10.2. The number of nitrogens with one attached hydrogen (secondary N) is 1. The smallest absolute Gasteiger partial charge is 0.265 e. The number of amides is 1. The zero-order valence-electron chi connectivity index (χ0n) is 12.2. The Labute approximate surface area is 128 Å². The first-order valence-corrected chi connectivity index (χ1v) is 7.95. The summed E-state index contributed by atoms with van der Waals surface area (Å²) in [6, 6.07) is 0. The van der Waals surface area contributed by atoms with Crippen LogP contribution in [-0.4, -0.2) is 54.9 Å². The van der Waals surface area contributed by atoms with Gasteiger partial charge in [0.15, 0.2) is 5.13 Å². The summed E-state index contributed by atoms with van der Waals surface area (Å²) in [6.45, 7) is 5.12. The third-order valence-corrected chi connectivity index (χ3v) is 4.34. The molecule has 4 N–H and O–H groups in total. The molecule has 118 valence electrons. The number of rotatable bonds is 6. The zero-order chi connectivity index (χ0) is 15.2. The Morgan fingerprint density at radius 3 is 2.95 bits per heavy atom. The number of nitrogens with zero attached hydrogens (tertiary/aromatic N) is 2. The fraction of sp³-hybridized carbons (Fsp3) is 0.692. The van der Waals surface area contributed by atoms with E-state index in [-0.39, 0.29) is 17.8 Å². The number of aliphatic hydroxyl groups is 1. The molecule has 21 heavy (non-hydrogen) atoms. The monoisotopic (exact) mass is 314 g/mol. The number of carbonyl (C=O) groups is 1. The second kappa shape index (κ2) is 7.58. The van der Waals surface area contributed by atoms with E-state index in [0.717, 1.165) is 24.6 Å². The highest BCUT2D eigenvalue weighted by Gasteiger charge is 2.20. The van der Waals surface area contributed by atoms with E-state index in [0.29, 0.717) is 31.1 Å². The molecule has 1 saturated heterocycles. The van der Waals surface area contributed by atoms with E-state index < -0.39 is 0 Å². The summed E-state index contributed by atoms with van der Waals surface area (Å²) >= 11 is 1.31. The Balaban J connectivity index is 1.90. The minimum absolute atomic E-state index is 0.199. The molecule has 0 spiro atoms. The van der Waals surface area contributed by atoms with Crippen LogP contribution in [0.5, 0.6) is 0 Å². The summed E-state index contributed by atoms with van der Waals surface area (Å²) < 4.78 is 5.29. The summed E-state index contributed by atoms with van der Waals surface area (Å²) in [5.74, 6) is 0.0737. The summed E-state index contributed by atoms with van der Waals surface area (Å²) in [7, 11) is 0. The molecule has 0 radical (unpaired) electrons. The van der Waals surface area contributed by atoms with Gasteiger partial charge in [-0.2, -0.15) is 0 Å². The first kappa shape index (κ1) is 16.0. The molecule has 7 nitrogen and oxygen atoms in total. The van der Waals surface area contributed by atoms with Gasteiger partial charge in [-0.3, -0.25) is 4.79 Å². The molecule has 0 saturated carbocycles. The molecular formula is C13H22N4O3S. The molecule has 1 amide bonds. The SMILES string of the molecule is CC(O)CCCNC(=O)c1sc(N2CCOCC2)nc1N. The number of carbonyl (C=O) groups excluding carboxylic acids is 1. The van der Waals surface area contributed by atoms with Crippen LogP contribution < -0.4 is 16.0 Å². The average Bonchev–Trinajstić information content (AvgIpc) is 2.86. The minimum atomic E-state index is -0.344. The van der Waals surface area contributed by atoms with Gasteiger partial charge in [0.2, 0.25) is 0 Å². The molecule has 0 aromatic carbocycles. The lowest BCUT2D eigenvalue weighted by Crippen LogP contribution is -2.36. The number of hydrogen-bond acceptors (Lipinski definition) is 7. The van der Waals surface area contributed by atoms with Crippen LogP contribution in [0.2, 0.25) is 0 Å². The Bertz CT molecular complexity index is 472. The predicted octanol–water partition coefficient (Wildman–Crippen LogP) is 0.453. The number of thiazole rings is 1. The van der Waals surface area contributed by atoms with Crippen LogP contribution in [0.4, 0.5) is 10.9 Å². The van der Waals surface area contributed by atoms with Gasteiger partial charge in [0, 0.05) is 19.6 Å². The number of aliphatic hydroxyl groups excluding tert-OH is 1. The van der Waals surface area contributed by atoms with Crippen LogP contribution in [0, 0.1) is 0 Å². The van der Waals surface area contributed by atoms with E-state index in [4.69, 9.17) is 15.6 Å². The summed E-state index contributed by atoms with van der Waals surface area (Å²) in [5.41, 5.74) is 5.84. The molecule has 1 aliphatic rings. The van der Waals surface area contributed by atoms with Gasteiger partial charge in [-0.05, 0) is 19.8 Å². The molecule has 0 bridgehead atoms. The van der Waals surface area contributed by atoms with Gasteiger partial charge >= 0.3 is 0 Å². The molecule has 2 heterocycles. The van der Waals surface area contributed by atoms with Crippen LogP contribution in [0.1, 0.15) is 29.4 Å². The molecular weight excluding hydrogens is 292 g/mol. The molecule has 1 atom stereocenters. The maximum absolute atomic E-state index is 12.1. The van der Waals surface area contributed by atoms with Crippen molar-refractivity contribution in [3.8, 4) is 0 Å². The van der Waals surface area contributed by atoms with Gasteiger partial charge in [-0.15, -0.1) is 0 Å². The van der Waals surface area contributed by atoms with Gasteiger partial charge < -0.3 is 25.8 Å². The van der Waals surface area contributed by atoms with Crippen molar-refractivity contribution in [2.45, 2.75) is 25.9 Å². The lowest BCUT2D eigenvalue weighted by Gasteiger charge is -2.25. The van der Waals surface area contributed by atoms with Crippen molar-refractivity contribution < 1.29 is 14.6 Å². The number of anilines is 2. The third-order valence-electron chi connectivity index (χ3n) is 3.21. The standard InChI is InChI=1S/C13H22N4O3S/c1-9(18)3-2-4-15-12(19)10-11(14)16-13(21-10)17-5-7-20-8-6-17/h9,18H,2-8,14H2,1H3,(H,15,19). The summed E-state index contributed by atoms with van der Waals surface area (Å²) in [6.07, 6.45) is 1.05. The third kappa shape index (κ3) is 4.55. The molecule has 2 rings (SSSR count). The average molecular weight is 314 g/mol. The maximum Gasteiger partial charge on any atom is 0.265 e. The van der Waals surface area contributed by atoms with Gasteiger partial charge in [0.1, 0.15) is 10.7 Å². The first-order chi connectivity index (χ1) is 10.1. The second-order valence-corrected chi connectivity index (χ2v) is 6.03. The normalized spacial score (nSPS) is 16.8. The maximum atomic E-state index is 12.1. The van der Waals surface area contributed by atoms with Crippen molar-refractivity contribution in [3.63, 3.8) is 0 Å². The van der Waals surface area contributed by atoms with E-state index in [1.54, 1.807) is 6.92 Å². The number of ether oxygens (including phenoxy) is 1. The van der Waals surface area contributed by atoms with Crippen LogP contribution in [0.25, 0.3) is 0 Å². The van der Waals surface area contributed by atoms with Crippen molar-refractivity contribution in [2.24, 2.45) is 0 Å². The number of morpholine rings is 1. The van der Waals surface area contributed by atoms with Gasteiger partial charge in [-0.1, -0.05) is 11.3 Å². The molecule has 1 aromatic heterocycles. The highest BCUT2D eigenvalue weighted by molar-refractivity contribution is 7.18. The van der Waals surface area contributed by atoms with Crippen LogP contribution in [0.15, 0.2) is 0 Å². The van der Waals surface area contributed by atoms with Crippen molar-refractivity contribution >= 4 is 28.2 Å². The number of aromatic nitrogens is 1. The largest absolute Gasteiger partial charge is 0.393 e. The van der Waals surface area contributed by atoms with Crippen molar-refractivity contribution in [1.29, 1.82) is 0 Å². The minimum Gasteiger partial charge on any atom is -0.393 e. The summed E-state index contributed by atoms with van der Waals surface area (Å²) in [4.78, 5) is 18.9. The van der Waals surface area contributed by atoms with Crippen LogP contribution >= 0.6 is 11.3 Å². The number of nitrogens with two attached hydrogens (primary N) is 1. The quantitative estimate of drug-likeness (QED) is 0.659. The Hall–Kier alpha value is -1.38. The molecule has 8 heteroatoms. The highest BCUT2D eigenvalue weighted by Crippen LogP contribution is 2.28. The second-order valence-electron chi connectivity index (χ2n) is 5.06. The van der Waals surface area contributed by atoms with E-state index >= 15 is 0 Å². The van der Waals surface area contributed by atoms with Crippen molar-refractivity contribution in [3.05, 3.63) is 4.88 Å². The summed E-state index contributed by atoms with van der Waals surface area (Å²) in [5, 5.41) is 12.7. The lowest BCUT2D eigenvalue weighted by molar-refractivity contribution is 0.0954. The molecule has 1 aliphatic heterocycles. The van der Waals surface area contributed by atoms with E-state index in [1.807, 2.05) is 0 Å². The first-order valence-electron chi connectivity index (χ1n) is 7.13. The van der Waals surface area contributed by atoms with E-state index in [2.05, 4.69) is 15.2 Å². The highest BCUT2D eigenvalue weighted by atomic mass is 32.1. The van der Waals surface area contributed by atoms with Crippen LogP contribution in [-0.2, 0) is 4.74 Å². The molecule has 0 aliphatic carbocycles. The van der Waals surface area contributed by atoms with Crippen molar-refractivity contribution in [1.82, 2.24) is 10.3 Å². The predicted molar refractivity (Wildman–Crippen MR) is 82.8 cm³/mol. The topological polar surface area (TPSA) is 101 Å². The fourth-order valence-electron chi connectivity index (χ4n) is 2.05. The van der Waals surface area contributed by atoms with Gasteiger partial charge in [-0.25, -0.2) is 4.98 Å². The van der Waals surface area contributed by atoms with Crippen molar-refractivity contribution in [2.75, 3.05) is 43.5 Å². The number of nitrogen functional groups attached to an aromatic ring is 1. The Morgan fingerprint density at radius 2 is 2.29 bits per heavy atom. The number of hydrogen-bond donors (Lipinski definition) is 3. The van der Waals surface area contributed by atoms with Gasteiger partial charge in [0.25, 0.3) is 5.91 Å². The van der Waals surface area contributed by atoms with Crippen LogP contribution in [0.3, 0.4) is 0 Å². The van der Waals surface area contributed by atoms with E-state index in [9.17, 15) is 4.79 Å². The zero-order valence-corrected chi connectivity index (χ0v) is 13.0. The fourth-order valence-corrected chi connectivity index (χ4v) is 3.01. The Kier molecular flexibility index (Phi) is 5.77. The molecule has 1 unspecified atom stereocenters. The van der Waals surface area contributed by atoms with Gasteiger partial charge in [0.05, 0.1) is 19.3 Å².